The van der Waals surface area contributed by atoms with Gasteiger partial charge in [0.15, 0.2) is 11.5 Å². The van der Waals surface area contributed by atoms with Gasteiger partial charge >= 0.3 is 0 Å². The van der Waals surface area contributed by atoms with Crippen LogP contribution >= 0.6 is 0 Å². The quantitative estimate of drug-likeness (QED) is 0.496. The van der Waals surface area contributed by atoms with E-state index in [0.717, 1.165) is 39.8 Å². The number of hydrogen-bond donors (Lipinski definition) is 0. The molecule has 0 radical (unpaired) electrons. The summed E-state index contributed by atoms with van der Waals surface area (Å²) in [5, 5.41) is 9.07. The Bertz CT molecular complexity index is 1270. The maximum atomic E-state index is 9.07. The largest absolute Gasteiger partial charge is 0.496 e. The second-order valence-corrected chi connectivity index (χ2v) is 6.75. The van der Waals surface area contributed by atoms with E-state index in [4.69, 9.17) is 24.5 Å². The van der Waals surface area contributed by atoms with E-state index in [0.29, 0.717) is 11.3 Å². The normalized spacial score (nSPS) is 11.9. The molecule has 0 atom stereocenters. The first-order chi connectivity index (χ1) is 14.8. The van der Waals surface area contributed by atoms with Gasteiger partial charge in [-0.15, -0.1) is 0 Å². The molecule has 5 rings (SSSR count). The Kier molecular flexibility index (Phi) is 4.34. The molecular weight excluding hydrogens is 378 g/mol. The first-order valence-electron chi connectivity index (χ1n) is 9.40. The molecule has 0 unspecified atom stereocenters. The SMILES string of the molecule is COc1ccccc1-c1nc(-c2ccc(C#N)cc2)cn1-c1ccc2c(c1)OCO2. The monoisotopic (exact) mass is 395 g/mol. The first kappa shape index (κ1) is 17.8. The van der Waals surface area contributed by atoms with Gasteiger partial charge in [-0.1, -0.05) is 24.3 Å². The molecule has 0 amide bonds. The van der Waals surface area contributed by atoms with E-state index in [1.807, 2.05) is 65.4 Å². The Balaban J connectivity index is 1.69. The fraction of sp³-hybridized carbons (Fsp3) is 0.0833. The molecule has 0 saturated carbocycles. The third-order valence-corrected chi connectivity index (χ3v) is 5.00. The van der Waals surface area contributed by atoms with Crippen molar-refractivity contribution in [2.24, 2.45) is 0 Å². The molecule has 0 aliphatic carbocycles. The average molecular weight is 395 g/mol. The Morgan fingerprint density at radius 2 is 1.80 bits per heavy atom. The Morgan fingerprint density at radius 1 is 1.00 bits per heavy atom. The molecule has 30 heavy (non-hydrogen) atoms. The number of nitriles is 1. The molecule has 0 saturated heterocycles. The van der Waals surface area contributed by atoms with Gasteiger partial charge in [0.1, 0.15) is 11.6 Å². The maximum absolute atomic E-state index is 9.07. The van der Waals surface area contributed by atoms with Crippen LogP contribution in [-0.2, 0) is 0 Å². The Labute approximate surface area is 173 Å². The summed E-state index contributed by atoms with van der Waals surface area (Å²) in [5.41, 5.74) is 4.09. The summed E-state index contributed by atoms with van der Waals surface area (Å²) in [6.07, 6.45) is 1.97. The lowest BCUT2D eigenvalue weighted by Crippen LogP contribution is -1.98. The lowest BCUT2D eigenvalue weighted by Gasteiger charge is -2.11. The number of nitrogens with zero attached hydrogens (tertiary/aromatic N) is 3. The van der Waals surface area contributed by atoms with E-state index in [1.165, 1.54) is 0 Å². The van der Waals surface area contributed by atoms with E-state index in [9.17, 15) is 0 Å². The smallest absolute Gasteiger partial charge is 0.231 e. The van der Waals surface area contributed by atoms with Crippen LogP contribution in [0.15, 0.2) is 72.9 Å². The van der Waals surface area contributed by atoms with Crippen LogP contribution in [0.2, 0.25) is 0 Å². The van der Waals surface area contributed by atoms with Gasteiger partial charge in [0.25, 0.3) is 0 Å². The minimum absolute atomic E-state index is 0.221. The summed E-state index contributed by atoms with van der Waals surface area (Å²) < 4.78 is 18.6. The van der Waals surface area contributed by atoms with Gasteiger partial charge in [-0.2, -0.15) is 5.26 Å². The van der Waals surface area contributed by atoms with Crippen LogP contribution in [0.1, 0.15) is 5.56 Å². The molecule has 6 heteroatoms. The van der Waals surface area contributed by atoms with E-state index < -0.39 is 0 Å². The highest BCUT2D eigenvalue weighted by Crippen LogP contribution is 2.37. The molecule has 0 N–H and O–H groups in total. The number of hydrogen-bond acceptors (Lipinski definition) is 5. The molecule has 0 bridgehead atoms. The van der Waals surface area contributed by atoms with Gasteiger partial charge in [-0.25, -0.2) is 4.98 Å². The molecule has 3 aromatic carbocycles. The molecule has 1 aromatic heterocycles. The predicted molar refractivity (Wildman–Crippen MR) is 112 cm³/mol. The molecular formula is C24H17N3O3. The Morgan fingerprint density at radius 3 is 2.60 bits per heavy atom. The lowest BCUT2D eigenvalue weighted by atomic mass is 10.1. The van der Waals surface area contributed by atoms with Gasteiger partial charge in [-0.3, -0.25) is 4.57 Å². The van der Waals surface area contributed by atoms with Gasteiger partial charge in [0, 0.05) is 17.8 Å². The molecule has 146 valence electrons. The highest BCUT2D eigenvalue weighted by molar-refractivity contribution is 5.72. The minimum Gasteiger partial charge on any atom is -0.496 e. The maximum Gasteiger partial charge on any atom is 0.231 e. The number of methoxy groups -OCH3 is 1. The lowest BCUT2D eigenvalue weighted by molar-refractivity contribution is 0.174. The van der Waals surface area contributed by atoms with Crippen molar-refractivity contribution in [3.05, 3.63) is 78.5 Å². The molecule has 4 aromatic rings. The van der Waals surface area contributed by atoms with Gasteiger partial charge < -0.3 is 14.2 Å². The summed E-state index contributed by atoms with van der Waals surface area (Å²) in [7, 11) is 1.65. The van der Waals surface area contributed by atoms with Crippen molar-refractivity contribution in [2.75, 3.05) is 13.9 Å². The number of benzene rings is 3. The minimum atomic E-state index is 0.221. The highest BCUT2D eigenvalue weighted by Gasteiger charge is 2.19. The second kappa shape index (κ2) is 7.30. The summed E-state index contributed by atoms with van der Waals surface area (Å²) >= 11 is 0. The Hall–Kier alpha value is -4.24. The van der Waals surface area contributed by atoms with Gasteiger partial charge in [-0.05, 0) is 36.4 Å². The van der Waals surface area contributed by atoms with Gasteiger partial charge in [0.2, 0.25) is 6.79 Å². The molecule has 1 aliphatic heterocycles. The topological polar surface area (TPSA) is 69.3 Å². The van der Waals surface area contributed by atoms with E-state index in [1.54, 1.807) is 19.2 Å². The fourth-order valence-corrected chi connectivity index (χ4v) is 3.49. The molecule has 1 aliphatic rings. The van der Waals surface area contributed by atoms with E-state index in [-0.39, 0.29) is 6.79 Å². The van der Waals surface area contributed by atoms with Crippen molar-refractivity contribution in [3.63, 3.8) is 0 Å². The van der Waals surface area contributed by atoms with Crippen molar-refractivity contribution in [2.45, 2.75) is 0 Å². The fourth-order valence-electron chi connectivity index (χ4n) is 3.49. The van der Waals surface area contributed by atoms with Crippen LogP contribution in [0.3, 0.4) is 0 Å². The molecule has 2 heterocycles. The number of imidazole rings is 1. The van der Waals surface area contributed by atoms with Crippen molar-refractivity contribution in [1.29, 1.82) is 5.26 Å². The number of para-hydroxylation sites is 1. The summed E-state index contributed by atoms with van der Waals surface area (Å²) in [5.74, 6) is 2.90. The van der Waals surface area contributed by atoms with Crippen LogP contribution in [0.25, 0.3) is 28.3 Å². The summed E-state index contributed by atoms with van der Waals surface area (Å²) in [6, 6.07) is 23.1. The van der Waals surface area contributed by atoms with Gasteiger partial charge in [0.05, 0.1) is 35.7 Å². The second-order valence-electron chi connectivity index (χ2n) is 6.75. The number of aromatic nitrogens is 2. The highest BCUT2D eigenvalue weighted by atomic mass is 16.7. The van der Waals surface area contributed by atoms with Crippen molar-refractivity contribution in [3.8, 4) is 51.7 Å². The number of rotatable bonds is 4. The third-order valence-electron chi connectivity index (χ3n) is 5.00. The van der Waals surface area contributed by atoms with Crippen LogP contribution in [0, 0.1) is 11.3 Å². The van der Waals surface area contributed by atoms with E-state index in [2.05, 4.69) is 6.07 Å². The van der Waals surface area contributed by atoms with Crippen LogP contribution in [0.5, 0.6) is 17.2 Å². The van der Waals surface area contributed by atoms with Crippen molar-refractivity contribution in [1.82, 2.24) is 9.55 Å². The van der Waals surface area contributed by atoms with Crippen LogP contribution < -0.4 is 14.2 Å². The number of ether oxygens (including phenoxy) is 3. The number of fused-ring (bicyclic) bond motifs is 1. The van der Waals surface area contributed by atoms with Crippen LogP contribution in [-0.4, -0.2) is 23.5 Å². The first-order valence-corrected chi connectivity index (χ1v) is 9.40. The zero-order valence-corrected chi connectivity index (χ0v) is 16.2. The van der Waals surface area contributed by atoms with Crippen LogP contribution in [0.4, 0.5) is 0 Å². The summed E-state index contributed by atoms with van der Waals surface area (Å²) in [4.78, 5) is 4.91. The summed E-state index contributed by atoms with van der Waals surface area (Å²) in [6.45, 7) is 0.221. The predicted octanol–water partition coefficient (Wildman–Crippen LogP) is 4.82. The molecule has 6 nitrogen and oxygen atoms in total. The zero-order chi connectivity index (χ0) is 20.5. The molecule has 0 spiro atoms. The third kappa shape index (κ3) is 3.03. The van der Waals surface area contributed by atoms with Crippen molar-refractivity contribution >= 4 is 0 Å². The standard InChI is InChI=1S/C24H17N3O3/c1-28-21-5-3-2-4-19(21)24-26-20(17-8-6-16(13-25)7-9-17)14-27(24)18-10-11-22-23(12-18)30-15-29-22/h2-12,14H,15H2,1H3. The molecule has 0 fully saturated rings. The average Bonchev–Trinajstić information content (AvgIpc) is 3.46. The van der Waals surface area contributed by atoms with Crippen molar-refractivity contribution < 1.29 is 14.2 Å². The van der Waals surface area contributed by atoms with E-state index >= 15 is 0 Å². The zero-order valence-electron chi connectivity index (χ0n) is 16.2.